The van der Waals surface area contributed by atoms with Crippen LogP contribution in [-0.2, 0) is 0 Å². The number of hydrogen-bond donors (Lipinski definition) is 0. The van der Waals surface area contributed by atoms with Crippen LogP contribution in [0.3, 0.4) is 0 Å². The summed E-state index contributed by atoms with van der Waals surface area (Å²) < 4.78 is 0. The van der Waals surface area contributed by atoms with E-state index in [1.165, 1.54) is 19.3 Å². The fourth-order valence-corrected chi connectivity index (χ4v) is 4.12. The third kappa shape index (κ3) is 3.14. The Labute approximate surface area is 150 Å². The summed E-state index contributed by atoms with van der Waals surface area (Å²) in [7, 11) is 0. The Morgan fingerprint density at radius 2 is 1.71 bits per heavy atom. The van der Waals surface area contributed by atoms with E-state index in [4.69, 9.17) is 11.6 Å². The molecule has 0 amide bonds. The summed E-state index contributed by atoms with van der Waals surface area (Å²) >= 11 is 7.97. The number of rotatable bonds is 3. The minimum atomic E-state index is 0.488. The Bertz CT molecular complexity index is 828. The van der Waals surface area contributed by atoms with Crippen LogP contribution < -0.4 is 4.90 Å². The highest BCUT2D eigenvalue weighted by molar-refractivity contribution is 7.18. The lowest BCUT2D eigenvalue weighted by Crippen LogP contribution is -2.29. The molecule has 1 aliphatic rings. The third-order valence-corrected chi connectivity index (χ3v) is 5.60. The van der Waals surface area contributed by atoms with Crippen LogP contribution in [0.5, 0.6) is 0 Å². The maximum absolute atomic E-state index is 6.30. The summed E-state index contributed by atoms with van der Waals surface area (Å²) in [5, 5.41) is 8.96. The molecule has 3 aromatic heterocycles. The maximum Gasteiger partial charge on any atom is 0.175 e. The minimum absolute atomic E-state index is 0.488. The van der Waals surface area contributed by atoms with Gasteiger partial charge < -0.3 is 4.90 Å². The summed E-state index contributed by atoms with van der Waals surface area (Å²) in [6.07, 6.45) is 5.51. The number of piperidine rings is 1. The van der Waals surface area contributed by atoms with E-state index in [1.807, 2.05) is 24.4 Å². The zero-order valence-electron chi connectivity index (χ0n) is 13.2. The van der Waals surface area contributed by atoms with Crippen LogP contribution in [0, 0.1) is 0 Å². The Hall–Kier alpha value is -1.98. The Kier molecular flexibility index (Phi) is 4.45. The topological polar surface area (TPSA) is 41.9 Å². The van der Waals surface area contributed by atoms with E-state index in [1.54, 1.807) is 11.3 Å². The first kappa shape index (κ1) is 15.5. The molecule has 0 aliphatic carbocycles. The van der Waals surface area contributed by atoms with Crippen molar-refractivity contribution in [2.45, 2.75) is 19.3 Å². The normalized spacial score (nSPS) is 14.8. The molecule has 0 N–H and O–H groups in total. The van der Waals surface area contributed by atoms with Crippen molar-refractivity contribution in [3.05, 3.63) is 47.7 Å². The summed E-state index contributed by atoms with van der Waals surface area (Å²) in [4.78, 5) is 8.93. The molecule has 3 aromatic rings. The molecule has 0 unspecified atom stereocenters. The van der Waals surface area contributed by atoms with Gasteiger partial charge in [0.2, 0.25) is 0 Å². The van der Waals surface area contributed by atoms with Crippen molar-refractivity contribution in [1.82, 2.24) is 15.2 Å². The number of hydrogen-bond acceptors (Lipinski definition) is 5. The standard InChI is InChI=1S/C18H17ClN4S/c19-18-15(23-10-4-1-5-11-23)12-14(21-22-18)17-8-7-16(24-17)13-6-2-3-9-20-13/h2-3,6-9,12H,1,4-5,10-11H2. The Balaban J connectivity index is 1.66. The molecule has 1 fully saturated rings. The first-order valence-electron chi connectivity index (χ1n) is 8.11. The Morgan fingerprint density at radius 1 is 0.917 bits per heavy atom. The number of aromatic nitrogens is 3. The van der Waals surface area contributed by atoms with Gasteiger partial charge in [0.1, 0.15) is 5.69 Å². The largest absolute Gasteiger partial charge is 0.369 e. The predicted octanol–water partition coefficient (Wildman–Crippen LogP) is 4.91. The number of anilines is 1. The van der Waals surface area contributed by atoms with E-state index >= 15 is 0 Å². The molecule has 1 saturated heterocycles. The molecule has 0 radical (unpaired) electrons. The van der Waals surface area contributed by atoms with Gasteiger partial charge in [-0.05, 0) is 49.6 Å². The minimum Gasteiger partial charge on any atom is -0.369 e. The summed E-state index contributed by atoms with van der Waals surface area (Å²) in [6, 6.07) is 12.2. The monoisotopic (exact) mass is 356 g/mol. The van der Waals surface area contributed by atoms with Crippen molar-refractivity contribution in [3.63, 3.8) is 0 Å². The molecule has 4 nitrogen and oxygen atoms in total. The first-order valence-corrected chi connectivity index (χ1v) is 9.30. The third-order valence-electron chi connectivity index (χ3n) is 4.20. The summed E-state index contributed by atoms with van der Waals surface area (Å²) in [5.41, 5.74) is 2.84. The quantitative estimate of drug-likeness (QED) is 0.668. The van der Waals surface area contributed by atoms with E-state index < -0.39 is 0 Å². The van der Waals surface area contributed by atoms with Gasteiger partial charge >= 0.3 is 0 Å². The smallest absolute Gasteiger partial charge is 0.175 e. The molecular formula is C18H17ClN4S. The summed E-state index contributed by atoms with van der Waals surface area (Å²) in [5.74, 6) is 0. The van der Waals surface area contributed by atoms with Crippen molar-refractivity contribution < 1.29 is 0 Å². The van der Waals surface area contributed by atoms with Gasteiger partial charge in [0, 0.05) is 19.3 Å². The van der Waals surface area contributed by atoms with Crippen molar-refractivity contribution >= 4 is 28.6 Å². The average Bonchev–Trinajstić information content (AvgIpc) is 3.14. The molecule has 122 valence electrons. The molecule has 0 bridgehead atoms. The van der Waals surface area contributed by atoms with E-state index in [0.29, 0.717) is 5.15 Å². The number of thiophene rings is 1. The van der Waals surface area contributed by atoms with Crippen molar-refractivity contribution in [2.75, 3.05) is 18.0 Å². The summed E-state index contributed by atoms with van der Waals surface area (Å²) in [6.45, 7) is 2.07. The van der Waals surface area contributed by atoms with Crippen LogP contribution in [0.2, 0.25) is 5.15 Å². The van der Waals surface area contributed by atoms with Crippen molar-refractivity contribution in [3.8, 4) is 21.1 Å². The van der Waals surface area contributed by atoms with Crippen molar-refractivity contribution in [1.29, 1.82) is 0 Å². The SMILES string of the molecule is Clc1nnc(-c2ccc(-c3ccccn3)s2)cc1N1CCCCC1. The second-order valence-corrected chi connectivity index (χ2v) is 7.27. The van der Waals surface area contributed by atoms with Gasteiger partial charge in [-0.3, -0.25) is 4.98 Å². The second-order valence-electron chi connectivity index (χ2n) is 5.83. The van der Waals surface area contributed by atoms with Gasteiger partial charge in [-0.15, -0.1) is 21.5 Å². The number of halogens is 1. The van der Waals surface area contributed by atoms with Gasteiger partial charge in [0.15, 0.2) is 5.15 Å². The van der Waals surface area contributed by atoms with Gasteiger partial charge in [0.25, 0.3) is 0 Å². The van der Waals surface area contributed by atoms with Gasteiger partial charge in [-0.1, -0.05) is 17.7 Å². The maximum atomic E-state index is 6.30. The zero-order valence-corrected chi connectivity index (χ0v) is 14.7. The average molecular weight is 357 g/mol. The van der Waals surface area contributed by atoms with E-state index in [2.05, 4.69) is 38.3 Å². The molecule has 4 rings (SSSR count). The lowest BCUT2D eigenvalue weighted by molar-refractivity contribution is 0.577. The molecular weight excluding hydrogens is 340 g/mol. The molecule has 0 spiro atoms. The van der Waals surface area contributed by atoms with Crippen LogP contribution >= 0.6 is 22.9 Å². The van der Waals surface area contributed by atoms with Crippen LogP contribution in [0.25, 0.3) is 21.1 Å². The van der Waals surface area contributed by atoms with Gasteiger partial charge in [-0.25, -0.2) is 0 Å². The van der Waals surface area contributed by atoms with E-state index in [0.717, 1.165) is 39.9 Å². The van der Waals surface area contributed by atoms with Crippen LogP contribution in [-0.4, -0.2) is 28.3 Å². The fraction of sp³-hybridized carbons (Fsp3) is 0.278. The predicted molar refractivity (Wildman–Crippen MR) is 99.7 cm³/mol. The fourth-order valence-electron chi connectivity index (χ4n) is 2.97. The van der Waals surface area contributed by atoms with Crippen LogP contribution in [0.4, 0.5) is 5.69 Å². The molecule has 1 aliphatic heterocycles. The zero-order chi connectivity index (χ0) is 16.4. The van der Waals surface area contributed by atoms with Crippen LogP contribution in [0.15, 0.2) is 42.6 Å². The number of nitrogens with zero attached hydrogens (tertiary/aromatic N) is 4. The Morgan fingerprint density at radius 3 is 2.46 bits per heavy atom. The molecule has 6 heteroatoms. The van der Waals surface area contributed by atoms with Gasteiger partial charge in [0.05, 0.1) is 21.1 Å². The van der Waals surface area contributed by atoms with E-state index in [9.17, 15) is 0 Å². The lowest BCUT2D eigenvalue weighted by Gasteiger charge is -2.29. The van der Waals surface area contributed by atoms with Crippen molar-refractivity contribution in [2.24, 2.45) is 0 Å². The highest BCUT2D eigenvalue weighted by atomic mass is 35.5. The van der Waals surface area contributed by atoms with Crippen LogP contribution in [0.1, 0.15) is 19.3 Å². The highest BCUT2D eigenvalue weighted by Gasteiger charge is 2.17. The number of pyridine rings is 1. The molecule has 24 heavy (non-hydrogen) atoms. The molecule has 0 saturated carbocycles. The second kappa shape index (κ2) is 6.87. The molecule has 4 heterocycles. The lowest BCUT2D eigenvalue weighted by atomic mass is 10.1. The van der Waals surface area contributed by atoms with Gasteiger partial charge in [-0.2, -0.15) is 0 Å². The highest BCUT2D eigenvalue weighted by Crippen LogP contribution is 2.35. The molecule has 0 aromatic carbocycles. The first-order chi connectivity index (χ1) is 11.8. The molecule has 0 atom stereocenters. The van der Waals surface area contributed by atoms with E-state index in [-0.39, 0.29) is 0 Å².